The van der Waals surface area contributed by atoms with Crippen molar-refractivity contribution in [2.75, 3.05) is 7.11 Å². The van der Waals surface area contributed by atoms with Gasteiger partial charge >= 0.3 is 0 Å². The van der Waals surface area contributed by atoms with Gasteiger partial charge in [0.15, 0.2) is 0 Å². The summed E-state index contributed by atoms with van der Waals surface area (Å²) >= 11 is 0. The Labute approximate surface area is 156 Å². The highest BCUT2D eigenvalue weighted by Gasteiger charge is 2.13. The molecule has 0 unspecified atom stereocenters. The first-order valence-corrected chi connectivity index (χ1v) is 8.58. The van der Waals surface area contributed by atoms with E-state index in [0.717, 1.165) is 28.0 Å². The molecule has 2 aromatic carbocycles. The fraction of sp³-hybridized carbons (Fsp3) is 0.143. The molecule has 2 heterocycles. The normalized spacial score (nSPS) is 10.9. The van der Waals surface area contributed by atoms with Crippen LogP contribution in [0.2, 0.25) is 0 Å². The Morgan fingerprint density at radius 3 is 2.89 bits per heavy atom. The number of rotatable bonds is 5. The lowest BCUT2D eigenvalue weighted by molar-refractivity contribution is 0.0948. The monoisotopic (exact) mass is 361 g/mol. The van der Waals surface area contributed by atoms with E-state index in [9.17, 15) is 4.79 Å². The van der Waals surface area contributed by atoms with Gasteiger partial charge < -0.3 is 14.5 Å². The van der Waals surface area contributed by atoms with Gasteiger partial charge in [-0.3, -0.25) is 9.36 Å². The van der Waals surface area contributed by atoms with Gasteiger partial charge in [-0.25, -0.2) is 4.98 Å². The summed E-state index contributed by atoms with van der Waals surface area (Å²) in [7, 11) is 1.65. The summed E-state index contributed by atoms with van der Waals surface area (Å²) in [5.74, 6) is 1.30. The number of hydrogen-bond donors (Lipinski definition) is 1. The Balaban J connectivity index is 1.64. The number of aromatic nitrogens is 2. The molecule has 0 spiro atoms. The largest absolute Gasteiger partial charge is 0.495 e. The third-order valence-corrected chi connectivity index (χ3v) is 4.41. The van der Waals surface area contributed by atoms with Gasteiger partial charge in [-0.05, 0) is 55.0 Å². The molecule has 1 N–H and O–H groups in total. The number of hydrogen-bond acceptors (Lipinski definition) is 4. The Bertz CT molecular complexity index is 1100. The molecule has 1 amide bonds. The summed E-state index contributed by atoms with van der Waals surface area (Å²) in [6.45, 7) is 2.38. The fourth-order valence-electron chi connectivity index (χ4n) is 3.02. The number of nitrogens with zero attached hydrogens (tertiary/aromatic N) is 2. The number of carbonyl (C=O) groups excluding carboxylic acids is 1. The molecule has 6 nitrogen and oxygen atoms in total. The molecule has 0 aliphatic carbocycles. The summed E-state index contributed by atoms with van der Waals surface area (Å²) in [4.78, 5) is 16.9. The van der Waals surface area contributed by atoms with Gasteiger partial charge in [0, 0.05) is 5.56 Å². The van der Waals surface area contributed by atoms with Gasteiger partial charge in [-0.15, -0.1) is 0 Å². The van der Waals surface area contributed by atoms with Crippen molar-refractivity contribution in [2.45, 2.75) is 13.5 Å². The zero-order valence-corrected chi connectivity index (χ0v) is 15.1. The minimum absolute atomic E-state index is 0.170. The first-order chi connectivity index (χ1) is 13.2. The second-order valence-corrected chi connectivity index (χ2v) is 6.26. The molecule has 2 aromatic heterocycles. The average molecular weight is 361 g/mol. The van der Waals surface area contributed by atoms with E-state index in [1.165, 1.54) is 0 Å². The SMILES string of the molecule is COc1ccc(C)cc1-n1cnc2cc(C(=O)NCc3ccco3)ccc21. The van der Waals surface area contributed by atoms with Crippen LogP contribution in [0.4, 0.5) is 0 Å². The number of benzene rings is 2. The number of carbonyl (C=O) groups is 1. The van der Waals surface area contributed by atoms with Crippen LogP contribution in [0.3, 0.4) is 0 Å². The smallest absolute Gasteiger partial charge is 0.251 e. The van der Waals surface area contributed by atoms with Crippen molar-refractivity contribution >= 4 is 16.9 Å². The van der Waals surface area contributed by atoms with Crippen molar-refractivity contribution in [3.8, 4) is 11.4 Å². The molecule has 0 aliphatic rings. The lowest BCUT2D eigenvalue weighted by atomic mass is 10.1. The predicted octanol–water partition coefficient (Wildman–Crippen LogP) is 3.87. The van der Waals surface area contributed by atoms with E-state index in [2.05, 4.69) is 10.3 Å². The minimum Gasteiger partial charge on any atom is -0.495 e. The quantitative estimate of drug-likeness (QED) is 0.586. The first kappa shape index (κ1) is 16.9. The van der Waals surface area contributed by atoms with Crippen molar-refractivity contribution in [1.82, 2.24) is 14.9 Å². The second kappa shape index (κ2) is 6.99. The van der Waals surface area contributed by atoms with E-state index in [1.807, 2.05) is 41.8 Å². The minimum atomic E-state index is -0.170. The highest BCUT2D eigenvalue weighted by Crippen LogP contribution is 2.27. The predicted molar refractivity (Wildman–Crippen MR) is 102 cm³/mol. The van der Waals surface area contributed by atoms with Crippen molar-refractivity contribution < 1.29 is 13.9 Å². The van der Waals surface area contributed by atoms with Crippen molar-refractivity contribution in [3.63, 3.8) is 0 Å². The summed E-state index contributed by atoms with van der Waals surface area (Å²) < 4.78 is 12.7. The number of furan rings is 1. The molecule has 0 bridgehead atoms. The molecule has 0 saturated carbocycles. The van der Waals surface area contributed by atoms with Gasteiger partial charge in [0.05, 0.1) is 36.6 Å². The zero-order chi connectivity index (χ0) is 18.8. The lowest BCUT2D eigenvalue weighted by Crippen LogP contribution is -2.22. The van der Waals surface area contributed by atoms with Crippen molar-refractivity contribution in [1.29, 1.82) is 0 Å². The van der Waals surface area contributed by atoms with Crippen LogP contribution in [0.5, 0.6) is 5.75 Å². The van der Waals surface area contributed by atoms with Crippen LogP contribution in [-0.2, 0) is 6.54 Å². The molecule has 4 rings (SSSR count). The van der Waals surface area contributed by atoms with E-state index in [4.69, 9.17) is 9.15 Å². The number of nitrogens with one attached hydrogen (secondary N) is 1. The Hall–Kier alpha value is -3.54. The van der Waals surface area contributed by atoms with E-state index >= 15 is 0 Å². The van der Waals surface area contributed by atoms with E-state index < -0.39 is 0 Å². The third-order valence-electron chi connectivity index (χ3n) is 4.41. The van der Waals surface area contributed by atoms with Crippen LogP contribution < -0.4 is 10.1 Å². The fourth-order valence-corrected chi connectivity index (χ4v) is 3.02. The summed E-state index contributed by atoms with van der Waals surface area (Å²) in [5, 5.41) is 2.84. The van der Waals surface area contributed by atoms with Crippen LogP contribution in [0.15, 0.2) is 65.5 Å². The molecular weight excluding hydrogens is 342 g/mol. The number of imidazole rings is 1. The van der Waals surface area contributed by atoms with Crippen LogP contribution >= 0.6 is 0 Å². The molecule has 4 aromatic rings. The molecule has 0 fully saturated rings. The van der Waals surface area contributed by atoms with Crippen LogP contribution in [0, 0.1) is 6.92 Å². The Kier molecular flexibility index (Phi) is 4.38. The molecule has 0 saturated heterocycles. The zero-order valence-electron chi connectivity index (χ0n) is 15.1. The average Bonchev–Trinajstić information content (AvgIpc) is 3.35. The van der Waals surface area contributed by atoms with Gasteiger partial charge in [0.25, 0.3) is 5.91 Å². The summed E-state index contributed by atoms with van der Waals surface area (Å²) in [5.41, 5.74) is 4.23. The van der Waals surface area contributed by atoms with Crippen LogP contribution in [-0.4, -0.2) is 22.6 Å². The maximum Gasteiger partial charge on any atom is 0.251 e. The molecule has 6 heteroatoms. The summed E-state index contributed by atoms with van der Waals surface area (Å²) in [6, 6.07) is 15.1. The van der Waals surface area contributed by atoms with E-state index in [1.54, 1.807) is 37.9 Å². The van der Waals surface area contributed by atoms with Crippen LogP contribution in [0.25, 0.3) is 16.7 Å². The van der Waals surface area contributed by atoms with Crippen LogP contribution in [0.1, 0.15) is 21.7 Å². The van der Waals surface area contributed by atoms with Gasteiger partial charge in [0.2, 0.25) is 0 Å². The maximum absolute atomic E-state index is 12.4. The topological polar surface area (TPSA) is 69.3 Å². The van der Waals surface area contributed by atoms with Crippen molar-refractivity contribution in [2.24, 2.45) is 0 Å². The molecular formula is C21H19N3O3. The molecule has 0 aliphatic heterocycles. The number of ether oxygens (including phenoxy) is 1. The molecule has 0 radical (unpaired) electrons. The molecule has 136 valence electrons. The number of aryl methyl sites for hydroxylation is 1. The Morgan fingerprint density at radius 2 is 2.11 bits per heavy atom. The van der Waals surface area contributed by atoms with Gasteiger partial charge in [0.1, 0.15) is 17.8 Å². The van der Waals surface area contributed by atoms with Gasteiger partial charge in [-0.2, -0.15) is 0 Å². The number of fused-ring (bicyclic) bond motifs is 1. The van der Waals surface area contributed by atoms with Gasteiger partial charge in [-0.1, -0.05) is 6.07 Å². The van der Waals surface area contributed by atoms with Crippen molar-refractivity contribution in [3.05, 3.63) is 78.0 Å². The first-order valence-electron chi connectivity index (χ1n) is 8.58. The highest BCUT2D eigenvalue weighted by atomic mass is 16.5. The standard InChI is InChI=1S/C21H19N3O3/c1-14-5-8-20(26-2)19(10-14)24-13-23-17-11-15(6-7-18(17)24)21(25)22-12-16-4-3-9-27-16/h3-11,13H,12H2,1-2H3,(H,22,25). The van der Waals surface area contributed by atoms with E-state index in [-0.39, 0.29) is 5.91 Å². The lowest BCUT2D eigenvalue weighted by Gasteiger charge is -2.11. The highest BCUT2D eigenvalue weighted by molar-refractivity contribution is 5.97. The number of amides is 1. The number of methoxy groups -OCH3 is 1. The molecule has 0 atom stereocenters. The molecule has 27 heavy (non-hydrogen) atoms. The Morgan fingerprint density at radius 1 is 1.22 bits per heavy atom. The third kappa shape index (κ3) is 3.29. The van der Waals surface area contributed by atoms with E-state index in [0.29, 0.717) is 17.9 Å². The second-order valence-electron chi connectivity index (χ2n) is 6.26. The summed E-state index contributed by atoms with van der Waals surface area (Å²) in [6.07, 6.45) is 3.33. The maximum atomic E-state index is 12.4.